The van der Waals surface area contributed by atoms with Gasteiger partial charge < -0.3 is 14.2 Å². The standard InChI is InChI=1S/C65H110O6/c1-4-7-10-13-16-19-22-24-26-27-28-29-30-31-32-33-34-35-36-37-38-39-40-42-43-46-49-52-55-58-64(67)70-61-62(60-69-63(66)57-54-51-48-45-21-18-15-12-9-6-3)71-65(68)59-56-53-50-47-44-41-25-23-20-17-14-11-8-5-2/h7,10,12,14-17,19,23-26,28-29,31-32,62H,4-6,8-9,11,13,18,20-22,27,30,33-61H2,1-3H3/b10-7-,15-12-,17-14-,19-16-,25-23-,26-24-,29-28-,32-31-. The molecule has 0 amide bonds. The molecular formula is C65H110O6. The molecule has 0 saturated carbocycles. The van der Waals surface area contributed by atoms with Gasteiger partial charge in [0.2, 0.25) is 0 Å². The number of carbonyl (C=O) groups excluding carboxylic acids is 3. The molecule has 0 fully saturated rings. The molecule has 0 aromatic carbocycles. The van der Waals surface area contributed by atoms with Crippen LogP contribution in [0, 0.1) is 0 Å². The Hall–Kier alpha value is -3.67. The summed E-state index contributed by atoms with van der Waals surface area (Å²) in [6.45, 7) is 6.41. The van der Waals surface area contributed by atoms with Gasteiger partial charge in [0.1, 0.15) is 13.2 Å². The Kier molecular flexibility index (Phi) is 55.9. The molecule has 406 valence electrons. The van der Waals surface area contributed by atoms with Crippen LogP contribution in [0.1, 0.15) is 278 Å². The van der Waals surface area contributed by atoms with Crippen molar-refractivity contribution in [2.24, 2.45) is 0 Å². The van der Waals surface area contributed by atoms with Crippen molar-refractivity contribution in [3.63, 3.8) is 0 Å². The average Bonchev–Trinajstić information content (AvgIpc) is 3.37. The fourth-order valence-electron chi connectivity index (χ4n) is 8.08. The average molecular weight is 988 g/mol. The van der Waals surface area contributed by atoms with Gasteiger partial charge in [-0.2, -0.15) is 0 Å². The van der Waals surface area contributed by atoms with Crippen LogP contribution in [0.4, 0.5) is 0 Å². The molecule has 1 unspecified atom stereocenters. The molecule has 6 heteroatoms. The third-order valence-corrected chi connectivity index (χ3v) is 12.5. The molecule has 0 saturated heterocycles. The van der Waals surface area contributed by atoms with E-state index >= 15 is 0 Å². The minimum absolute atomic E-state index is 0.0856. The van der Waals surface area contributed by atoms with Crippen LogP contribution in [0.15, 0.2) is 97.2 Å². The van der Waals surface area contributed by atoms with Gasteiger partial charge in [0, 0.05) is 19.3 Å². The fraction of sp³-hybridized carbons (Fsp3) is 0.708. The van der Waals surface area contributed by atoms with E-state index in [0.717, 1.165) is 128 Å². The van der Waals surface area contributed by atoms with Crippen molar-refractivity contribution in [3.8, 4) is 0 Å². The molecule has 0 rings (SSSR count). The number of ether oxygens (including phenoxy) is 3. The van der Waals surface area contributed by atoms with Crippen molar-refractivity contribution in [2.45, 2.75) is 284 Å². The van der Waals surface area contributed by atoms with Crippen molar-refractivity contribution in [2.75, 3.05) is 13.2 Å². The predicted octanol–water partition coefficient (Wildman–Crippen LogP) is 20.1. The Morgan fingerprint density at radius 2 is 0.577 bits per heavy atom. The van der Waals surface area contributed by atoms with Crippen LogP contribution in [0.3, 0.4) is 0 Å². The Morgan fingerprint density at radius 3 is 0.930 bits per heavy atom. The van der Waals surface area contributed by atoms with Gasteiger partial charge in [-0.15, -0.1) is 0 Å². The Bertz CT molecular complexity index is 1410. The molecular weight excluding hydrogens is 877 g/mol. The highest BCUT2D eigenvalue weighted by Crippen LogP contribution is 2.15. The molecule has 0 heterocycles. The molecule has 1 atom stereocenters. The summed E-state index contributed by atoms with van der Waals surface area (Å²) in [5, 5.41) is 0. The van der Waals surface area contributed by atoms with Gasteiger partial charge in [0.05, 0.1) is 0 Å². The van der Waals surface area contributed by atoms with Crippen molar-refractivity contribution < 1.29 is 28.6 Å². The van der Waals surface area contributed by atoms with Gasteiger partial charge in [-0.3, -0.25) is 14.4 Å². The fourth-order valence-corrected chi connectivity index (χ4v) is 8.08. The van der Waals surface area contributed by atoms with Crippen LogP contribution in [-0.4, -0.2) is 37.2 Å². The SMILES string of the molecule is CC/C=C\C/C=C\C/C=C\C/C=C\C/C=C\CCCCCCCCCCCCCCCC(=O)OCC(COC(=O)CCCCCCC/C=C\CCC)OC(=O)CCCCCCC/C=C\C/C=C\CCCC. The number of allylic oxidation sites excluding steroid dienone is 16. The Balaban J connectivity index is 4.19. The van der Waals surface area contributed by atoms with Gasteiger partial charge in [0.15, 0.2) is 6.10 Å². The summed E-state index contributed by atoms with van der Waals surface area (Å²) in [6, 6.07) is 0. The number of hydrogen-bond donors (Lipinski definition) is 0. The largest absolute Gasteiger partial charge is 0.462 e. The second-order valence-electron chi connectivity index (χ2n) is 19.5. The summed E-state index contributed by atoms with van der Waals surface area (Å²) in [4.78, 5) is 38.1. The molecule has 0 aromatic rings. The van der Waals surface area contributed by atoms with Gasteiger partial charge in [-0.1, -0.05) is 246 Å². The number of hydrogen-bond acceptors (Lipinski definition) is 6. The smallest absolute Gasteiger partial charge is 0.306 e. The molecule has 0 spiro atoms. The van der Waals surface area contributed by atoms with Crippen LogP contribution in [0.5, 0.6) is 0 Å². The lowest BCUT2D eigenvalue weighted by atomic mass is 10.0. The summed E-state index contributed by atoms with van der Waals surface area (Å²) in [7, 11) is 0. The number of unbranched alkanes of at least 4 members (excludes halogenated alkanes) is 26. The molecule has 0 N–H and O–H groups in total. The van der Waals surface area contributed by atoms with E-state index in [9.17, 15) is 14.4 Å². The second-order valence-corrected chi connectivity index (χ2v) is 19.5. The lowest BCUT2D eigenvalue weighted by molar-refractivity contribution is -0.167. The van der Waals surface area contributed by atoms with Crippen LogP contribution < -0.4 is 0 Å². The maximum absolute atomic E-state index is 12.8. The maximum atomic E-state index is 12.8. The van der Waals surface area contributed by atoms with Crippen LogP contribution in [-0.2, 0) is 28.6 Å². The second kappa shape index (κ2) is 58.9. The lowest BCUT2D eigenvalue weighted by Crippen LogP contribution is -2.30. The first kappa shape index (κ1) is 67.3. The number of rotatable bonds is 53. The molecule has 6 nitrogen and oxygen atoms in total. The zero-order valence-electron chi connectivity index (χ0n) is 46.5. The minimum Gasteiger partial charge on any atom is -0.462 e. The Labute approximate surface area is 438 Å². The highest BCUT2D eigenvalue weighted by atomic mass is 16.6. The Morgan fingerprint density at radius 1 is 0.296 bits per heavy atom. The van der Waals surface area contributed by atoms with Gasteiger partial charge in [0.25, 0.3) is 0 Å². The predicted molar refractivity (Wildman–Crippen MR) is 307 cm³/mol. The van der Waals surface area contributed by atoms with Gasteiger partial charge in [-0.05, 0) is 109 Å². The molecule has 71 heavy (non-hydrogen) atoms. The van der Waals surface area contributed by atoms with Crippen LogP contribution >= 0.6 is 0 Å². The van der Waals surface area contributed by atoms with Gasteiger partial charge in [-0.25, -0.2) is 0 Å². The highest BCUT2D eigenvalue weighted by molar-refractivity contribution is 5.71. The van der Waals surface area contributed by atoms with E-state index in [1.54, 1.807) is 0 Å². The topological polar surface area (TPSA) is 78.9 Å². The van der Waals surface area contributed by atoms with E-state index in [1.165, 1.54) is 109 Å². The van der Waals surface area contributed by atoms with E-state index in [2.05, 4.69) is 118 Å². The summed E-state index contributed by atoms with van der Waals surface area (Å²) in [6.07, 6.45) is 78.5. The zero-order chi connectivity index (χ0) is 51.4. The van der Waals surface area contributed by atoms with E-state index in [1.807, 2.05) is 0 Å². The highest BCUT2D eigenvalue weighted by Gasteiger charge is 2.19. The van der Waals surface area contributed by atoms with Gasteiger partial charge >= 0.3 is 17.9 Å². The van der Waals surface area contributed by atoms with Crippen molar-refractivity contribution in [1.29, 1.82) is 0 Å². The maximum Gasteiger partial charge on any atom is 0.306 e. The minimum atomic E-state index is -0.787. The first-order valence-electron chi connectivity index (χ1n) is 29.7. The summed E-state index contributed by atoms with van der Waals surface area (Å²) in [5.74, 6) is -0.909. The summed E-state index contributed by atoms with van der Waals surface area (Å²) < 4.78 is 16.8. The van der Waals surface area contributed by atoms with Crippen molar-refractivity contribution in [3.05, 3.63) is 97.2 Å². The molecule has 0 bridgehead atoms. The molecule has 0 aromatic heterocycles. The monoisotopic (exact) mass is 987 g/mol. The molecule has 0 aliphatic heterocycles. The third-order valence-electron chi connectivity index (χ3n) is 12.5. The van der Waals surface area contributed by atoms with E-state index < -0.39 is 6.10 Å². The molecule has 0 aliphatic carbocycles. The first-order chi connectivity index (χ1) is 35.0. The van der Waals surface area contributed by atoms with E-state index in [4.69, 9.17) is 14.2 Å². The number of carbonyl (C=O) groups is 3. The van der Waals surface area contributed by atoms with Crippen molar-refractivity contribution >= 4 is 17.9 Å². The van der Waals surface area contributed by atoms with E-state index in [-0.39, 0.29) is 31.1 Å². The third kappa shape index (κ3) is 57.1. The van der Waals surface area contributed by atoms with Crippen LogP contribution in [0.2, 0.25) is 0 Å². The first-order valence-corrected chi connectivity index (χ1v) is 29.7. The van der Waals surface area contributed by atoms with E-state index in [0.29, 0.717) is 19.3 Å². The molecule has 0 radical (unpaired) electrons. The summed E-state index contributed by atoms with van der Waals surface area (Å²) in [5.41, 5.74) is 0. The van der Waals surface area contributed by atoms with Crippen molar-refractivity contribution in [1.82, 2.24) is 0 Å². The number of esters is 3. The van der Waals surface area contributed by atoms with Crippen LogP contribution in [0.25, 0.3) is 0 Å². The zero-order valence-corrected chi connectivity index (χ0v) is 46.5. The lowest BCUT2D eigenvalue weighted by Gasteiger charge is -2.18. The normalized spacial score (nSPS) is 12.8. The molecule has 0 aliphatic rings. The quantitative estimate of drug-likeness (QED) is 0.0261. The summed E-state index contributed by atoms with van der Waals surface area (Å²) >= 11 is 0.